The Hall–Kier alpha value is -1.22. The molecule has 0 aromatic heterocycles. The van der Waals surface area contributed by atoms with Crippen LogP contribution in [0.2, 0.25) is 0 Å². The zero-order valence-electron chi connectivity index (χ0n) is 7.44. The van der Waals surface area contributed by atoms with Gasteiger partial charge in [0, 0.05) is 13.1 Å². The molecule has 13 heavy (non-hydrogen) atoms. The van der Waals surface area contributed by atoms with Crippen molar-refractivity contribution in [1.29, 1.82) is 0 Å². The lowest BCUT2D eigenvalue weighted by molar-refractivity contribution is 0.122. The second-order valence-electron chi connectivity index (χ2n) is 3.09. The zero-order valence-corrected chi connectivity index (χ0v) is 7.44. The zero-order chi connectivity index (χ0) is 9.10. The summed E-state index contributed by atoms with van der Waals surface area (Å²) in [5.41, 5.74) is 0.908. The normalized spacial score (nSPS) is 17.4. The molecule has 0 aliphatic carbocycles. The lowest BCUT2D eigenvalue weighted by atomic mass is 10.2. The van der Waals surface area contributed by atoms with Crippen molar-refractivity contribution in [2.75, 3.05) is 31.2 Å². The maximum absolute atomic E-state index is 9.58. The third-order valence-corrected chi connectivity index (χ3v) is 2.23. The van der Waals surface area contributed by atoms with Crippen LogP contribution in [0.1, 0.15) is 0 Å². The maximum atomic E-state index is 9.58. The van der Waals surface area contributed by atoms with Crippen LogP contribution < -0.4 is 4.90 Å². The van der Waals surface area contributed by atoms with Gasteiger partial charge in [0.25, 0.3) is 0 Å². The van der Waals surface area contributed by atoms with E-state index in [1.807, 2.05) is 18.2 Å². The van der Waals surface area contributed by atoms with Gasteiger partial charge in [-0.2, -0.15) is 0 Å². The Morgan fingerprint density at radius 2 is 1.85 bits per heavy atom. The molecule has 0 radical (unpaired) electrons. The first-order chi connectivity index (χ1) is 6.38. The van der Waals surface area contributed by atoms with Crippen molar-refractivity contribution < 1.29 is 9.84 Å². The Bertz CT molecular complexity index is 282. The van der Waals surface area contributed by atoms with Crippen molar-refractivity contribution in [2.24, 2.45) is 0 Å². The molecule has 1 aromatic rings. The number of phenolic OH excluding ortho intramolecular Hbond substituents is 1. The molecule has 2 rings (SSSR count). The predicted octanol–water partition coefficient (Wildman–Crippen LogP) is 1.23. The van der Waals surface area contributed by atoms with Gasteiger partial charge in [0.05, 0.1) is 18.9 Å². The van der Waals surface area contributed by atoms with Crippen molar-refractivity contribution in [3.63, 3.8) is 0 Å². The third-order valence-electron chi connectivity index (χ3n) is 2.23. The van der Waals surface area contributed by atoms with Gasteiger partial charge in [0.2, 0.25) is 0 Å². The van der Waals surface area contributed by atoms with Crippen LogP contribution in [-0.2, 0) is 4.74 Å². The minimum atomic E-state index is 0.351. The maximum Gasteiger partial charge on any atom is 0.138 e. The Balaban J connectivity index is 2.18. The van der Waals surface area contributed by atoms with E-state index in [1.165, 1.54) is 0 Å². The van der Waals surface area contributed by atoms with Crippen LogP contribution in [0, 0.1) is 0 Å². The van der Waals surface area contributed by atoms with E-state index in [-0.39, 0.29) is 0 Å². The van der Waals surface area contributed by atoms with Crippen molar-refractivity contribution in [3.05, 3.63) is 24.3 Å². The average Bonchev–Trinajstić information content (AvgIpc) is 2.20. The van der Waals surface area contributed by atoms with E-state index in [9.17, 15) is 5.11 Å². The van der Waals surface area contributed by atoms with E-state index < -0.39 is 0 Å². The van der Waals surface area contributed by atoms with E-state index in [4.69, 9.17) is 4.74 Å². The second-order valence-corrected chi connectivity index (χ2v) is 3.09. The third kappa shape index (κ3) is 1.75. The summed E-state index contributed by atoms with van der Waals surface area (Å²) in [6.45, 7) is 3.21. The number of anilines is 1. The van der Waals surface area contributed by atoms with Gasteiger partial charge < -0.3 is 14.7 Å². The van der Waals surface area contributed by atoms with Gasteiger partial charge in [-0.25, -0.2) is 0 Å². The monoisotopic (exact) mass is 179 g/mol. The van der Waals surface area contributed by atoms with Crippen LogP contribution in [-0.4, -0.2) is 31.4 Å². The van der Waals surface area contributed by atoms with Crippen molar-refractivity contribution in [1.82, 2.24) is 0 Å². The molecular formula is C10H13NO2. The van der Waals surface area contributed by atoms with Crippen LogP contribution >= 0.6 is 0 Å². The van der Waals surface area contributed by atoms with Crippen molar-refractivity contribution >= 4 is 5.69 Å². The van der Waals surface area contributed by atoms with Gasteiger partial charge in [0.15, 0.2) is 0 Å². The molecule has 0 unspecified atom stereocenters. The summed E-state index contributed by atoms with van der Waals surface area (Å²) in [5.74, 6) is 0.351. The van der Waals surface area contributed by atoms with Crippen LogP contribution in [0.4, 0.5) is 5.69 Å². The minimum Gasteiger partial charge on any atom is -0.506 e. The first-order valence-corrected chi connectivity index (χ1v) is 4.48. The standard InChI is InChI=1S/C10H13NO2/c12-10-4-2-1-3-9(10)11-5-7-13-8-6-11/h1-4,12H,5-8H2. The molecule has 1 aliphatic rings. The number of morpholine rings is 1. The van der Waals surface area contributed by atoms with E-state index in [2.05, 4.69) is 4.90 Å². The van der Waals surface area contributed by atoms with Crippen molar-refractivity contribution in [2.45, 2.75) is 0 Å². The number of hydrogen-bond acceptors (Lipinski definition) is 3. The molecule has 1 heterocycles. The number of phenols is 1. The van der Waals surface area contributed by atoms with Crippen LogP contribution in [0.15, 0.2) is 24.3 Å². The number of hydrogen-bond donors (Lipinski definition) is 1. The molecule has 0 spiro atoms. The molecule has 0 bridgehead atoms. The highest BCUT2D eigenvalue weighted by atomic mass is 16.5. The molecule has 1 N–H and O–H groups in total. The van der Waals surface area contributed by atoms with Gasteiger partial charge in [-0.1, -0.05) is 12.1 Å². The number of rotatable bonds is 1. The summed E-state index contributed by atoms with van der Waals surface area (Å²) < 4.78 is 5.24. The summed E-state index contributed by atoms with van der Waals surface area (Å²) in [4.78, 5) is 2.14. The summed E-state index contributed by atoms with van der Waals surface area (Å²) in [6.07, 6.45) is 0. The largest absolute Gasteiger partial charge is 0.506 e. The molecule has 0 amide bonds. The first-order valence-electron chi connectivity index (χ1n) is 4.48. The quantitative estimate of drug-likeness (QED) is 0.703. The van der Waals surface area contributed by atoms with Gasteiger partial charge in [-0.15, -0.1) is 0 Å². The molecular weight excluding hydrogens is 166 g/mol. The molecule has 0 atom stereocenters. The van der Waals surface area contributed by atoms with E-state index in [1.54, 1.807) is 6.07 Å². The molecule has 1 saturated heterocycles. The highest BCUT2D eigenvalue weighted by Gasteiger charge is 2.13. The lowest BCUT2D eigenvalue weighted by Crippen LogP contribution is -2.36. The molecule has 1 fully saturated rings. The summed E-state index contributed by atoms with van der Waals surface area (Å²) >= 11 is 0. The molecule has 1 aliphatic heterocycles. The van der Waals surface area contributed by atoms with Crippen LogP contribution in [0.3, 0.4) is 0 Å². The topological polar surface area (TPSA) is 32.7 Å². The number of nitrogens with zero attached hydrogens (tertiary/aromatic N) is 1. The molecule has 3 nitrogen and oxygen atoms in total. The fourth-order valence-electron chi connectivity index (χ4n) is 1.54. The fraction of sp³-hybridized carbons (Fsp3) is 0.400. The second kappa shape index (κ2) is 3.66. The Morgan fingerprint density at radius 1 is 1.15 bits per heavy atom. The Kier molecular flexibility index (Phi) is 2.36. The predicted molar refractivity (Wildman–Crippen MR) is 51.1 cm³/mol. The van der Waals surface area contributed by atoms with Crippen LogP contribution in [0.5, 0.6) is 5.75 Å². The van der Waals surface area contributed by atoms with E-state index in [0.717, 1.165) is 32.0 Å². The number of benzene rings is 1. The van der Waals surface area contributed by atoms with E-state index >= 15 is 0 Å². The highest BCUT2D eigenvalue weighted by Crippen LogP contribution is 2.26. The molecule has 70 valence electrons. The van der Waals surface area contributed by atoms with Crippen LogP contribution in [0.25, 0.3) is 0 Å². The lowest BCUT2D eigenvalue weighted by Gasteiger charge is -2.29. The Morgan fingerprint density at radius 3 is 2.54 bits per heavy atom. The number of para-hydroxylation sites is 2. The smallest absolute Gasteiger partial charge is 0.138 e. The molecule has 3 heteroatoms. The summed E-state index contributed by atoms with van der Waals surface area (Å²) in [7, 11) is 0. The molecule has 1 aromatic carbocycles. The van der Waals surface area contributed by atoms with Gasteiger partial charge in [0.1, 0.15) is 5.75 Å². The summed E-state index contributed by atoms with van der Waals surface area (Å²) in [5, 5.41) is 9.58. The first kappa shape index (κ1) is 8.38. The van der Waals surface area contributed by atoms with Gasteiger partial charge >= 0.3 is 0 Å². The summed E-state index contributed by atoms with van der Waals surface area (Å²) in [6, 6.07) is 7.41. The highest BCUT2D eigenvalue weighted by molar-refractivity contribution is 5.57. The van der Waals surface area contributed by atoms with Gasteiger partial charge in [-0.05, 0) is 12.1 Å². The molecule has 0 saturated carbocycles. The van der Waals surface area contributed by atoms with Gasteiger partial charge in [-0.3, -0.25) is 0 Å². The number of ether oxygens (including phenoxy) is 1. The van der Waals surface area contributed by atoms with Crippen molar-refractivity contribution in [3.8, 4) is 5.75 Å². The number of aromatic hydroxyl groups is 1. The van der Waals surface area contributed by atoms with E-state index in [0.29, 0.717) is 5.75 Å². The average molecular weight is 179 g/mol. The minimum absolute atomic E-state index is 0.351. The SMILES string of the molecule is Oc1ccccc1N1CCOCC1. The Labute approximate surface area is 77.6 Å². The fourth-order valence-corrected chi connectivity index (χ4v) is 1.54.